The van der Waals surface area contributed by atoms with Gasteiger partial charge >= 0.3 is 11.4 Å². The van der Waals surface area contributed by atoms with Crippen molar-refractivity contribution in [3.05, 3.63) is 52.8 Å². The molecule has 0 aliphatic heterocycles. The Morgan fingerprint density at radius 1 is 0.731 bits per heavy atom. The first kappa shape index (κ1) is 19.3. The predicted octanol–water partition coefficient (Wildman–Crippen LogP) is -1.42. The maximum absolute atomic E-state index is 12.8. The summed E-state index contributed by atoms with van der Waals surface area (Å²) in [7, 11) is 5.59. The van der Waals surface area contributed by atoms with Gasteiger partial charge in [-0.3, -0.25) is 27.9 Å². The first-order valence-corrected chi connectivity index (χ1v) is 8.16. The van der Waals surface area contributed by atoms with E-state index in [1.54, 1.807) is 0 Å². The smallest absolute Gasteiger partial charge is 0.332 e. The van der Waals surface area contributed by atoms with Crippen LogP contribution in [0.5, 0.6) is 0 Å². The Kier molecular flexibility index (Phi) is 4.97. The number of nitrogens with two attached hydrogens (primary N) is 2. The highest BCUT2D eigenvalue weighted by Crippen LogP contribution is 2.30. The van der Waals surface area contributed by atoms with Gasteiger partial charge in [-0.15, -0.1) is 0 Å². The van der Waals surface area contributed by atoms with Gasteiger partial charge in [-0.25, -0.2) is 9.59 Å². The molecule has 142 valence electrons. The second kappa shape index (κ2) is 6.70. The summed E-state index contributed by atoms with van der Waals surface area (Å²) < 4.78 is 4.19. The molecule has 0 radical (unpaired) electrons. The number of hydrogen-bond acceptors (Lipinski definition) is 6. The van der Waals surface area contributed by atoms with E-state index < -0.39 is 28.4 Å². The molecule has 0 aliphatic rings. The van der Waals surface area contributed by atoms with Gasteiger partial charge in [-0.1, -0.05) is 13.3 Å². The fourth-order valence-electron chi connectivity index (χ4n) is 3.15. The minimum Gasteiger partial charge on any atom is -0.385 e. The standard InChI is InChI=1S/C16H24N6O4/c1-6-7-8(9-11(17)19(2)15(25)21(4)13(9)23)10-12(18)20(3)16(26)22(5)14(10)24/h8H,6-7,17-18H2,1-5H3. The third-order valence-corrected chi connectivity index (χ3v) is 4.77. The lowest BCUT2D eigenvalue weighted by Gasteiger charge is -2.22. The summed E-state index contributed by atoms with van der Waals surface area (Å²) in [6.45, 7) is 1.89. The molecule has 0 spiro atoms. The van der Waals surface area contributed by atoms with Crippen molar-refractivity contribution in [2.75, 3.05) is 11.5 Å². The van der Waals surface area contributed by atoms with Gasteiger partial charge in [0.1, 0.15) is 11.6 Å². The van der Waals surface area contributed by atoms with E-state index in [4.69, 9.17) is 11.5 Å². The fraction of sp³-hybridized carbons (Fsp3) is 0.500. The molecule has 0 fully saturated rings. The number of anilines is 2. The molecule has 2 heterocycles. The van der Waals surface area contributed by atoms with Crippen LogP contribution in [-0.4, -0.2) is 18.3 Å². The van der Waals surface area contributed by atoms with Crippen molar-refractivity contribution in [2.45, 2.75) is 25.7 Å². The highest BCUT2D eigenvalue weighted by Gasteiger charge is 2.29. The largest absolute Gasteiger partial charge is 0.385 e. The third-order valence-electron chi connectivity index (χ3n) is 4.77. The second-order valence-corrected chi connectivity index (χ2v) is 6.35. The average Bonchev–Trinajstić information content (AvgIpc) is 2.61. The van der Waals surface area contributed by atoms with E-state index in [1.807, 2.05) is 6.92 Å². The van der Waals surface area contributed by atoms with Gasteiger partial charge in [-0.2, -0.15) is 0 Å². The van der Waals surface area contributed by atoms with Crippen LogP contribution in [0.4, 0.5) is 11.6 Å². The van der Waals surface area contributed by atoms with Gasteiger partial charge in [0.25, 0.3) is 11.1 Å². The van der Waals surface area contributed by atoms with Crippen LogP contribution in [-0.2, 0) is 28.2 Å². The van der Waals surface area contributed by atoms with Crippen LogP contribution in [0.2, 0.25) is 0 Å². The normalized spacial score (nSPS) is 11.3. The van der Waals surface area contributed by atoms with E-state index in [0.29, 0.717) is 12.8 Å². The van der Waals surface area contributed by atoms with Crippen molar-refractivity contribution in [2.24, 2.45) is 28.2 Å². The third kappa shape index (κ3) is 2.67. The zero-order valence-corrected chi connectivity index (χ0v) is 15.6. The summed E-state index contributed by atoms with van der Waals surface area (Å²) in [5.41, 5.74) is 10.1. The van der Waals surface area contributed by atoms with E-state index in [1.165, 1.54) is 28.2 Å². The first-order valence-electron chi connectivity index (χ1n) is 8.16. The molecular weight excluding hydrogens is 340 g/mol. The number of hydrogen-bond donors (Lipinski definition) is 2. The van der Waals surface area contributed by atoms with Crippen LogP contribution in [0, 0.1) is 0 Å². The van der Waals surface area contributed by atoms with E-state index in [9.17, 15) is 19.2 Å². The first-order chi connectivity index (χ1) is 12.1. The fourth-order valence-corrected chi connectivity index (χ4v) is 3.15. The Balaban J connectivity index is 3.01. The highest BCUT2D eigenvalue weighted by atomic mass is 16.2. The molecule has 0 saturated heterocycles. The maximum Gasteiger partial charge on any atom is 0.332 e. The zero-order chi connectivity index (χ0) is 19.9. The topological polar surface area (TPSA) is 140 Å². The number of rotatable bonds is 4. The molecule has 0 unspecified atom stereocenters. The Labute approximate surface area is 148 Å². The SMILES string of the molecule is CCCC(c1c(N)n(C)c(=O)n(C)c1=O)c1c(N)n(C)c(=O)n(C)c1=O. The Bertz CT molecular complexity index is 1020. The summed E-state index contributed by atoms with van der Waals surface area (Å²) in [5.74, 6) is -0.783. The van der Waals surface area contributed by atoms with Gasteiger partial charge in [-0.05, 0) is 6.42 Å². The number of nitrogen functional groups attached to an aromatic ring is 2. The maximum atomic E-state index is 12.8. The van der Waals surface area contributed by atoms with Crippen LogP contribution in [0.15, 0.2) is 19.2 Å². The minimum atomic E-state index is -0.740. The molecule has 4 N–H and O–H groups in total. The van der Waals surface area contributed by atoms with Gasteiger partial charge in [0, 0.05) is 34.1 Å². The molecule has 0 atom stereocenters. The van der Waals surface area contributed by atoms with E-state index in [0.717, 1.165) is 18.3 Å². The van der Waals surface area contributed by atoms with E-state index in [-0.39, 0.29) is 22.8 Å². The number of aromatic nitrogens is 4. The second-order valence-electron chi connectivity index (χ2n) is 6.35. The summed E-state index contributed by atoms with van der Waals surface area (Å²) in [5, 5.41) is 0. The van der Waals surface area contributed by atoms with Crippen molar-refractivity contribution in [3.8, 4) is 0 Å². The van der Waals surface area contributed by atoms with Crippen molar-refractivity contribution in [3.63, 3.8) is 0 Å². The van der Waals surface area contributed by atoms with Gasteiger partial charge < -0.3 is 11.5 Å². The molecule has 2 rings (SSSR count). The van der Waals surface area contributed by atoms with Crippen molar-refractivity contribution >= 4 is 11.6 Å². The van der Waals surface area contributed by atoms with Crippen molar-refractivity contribution < 1.29 is 0 Å². The lowest BCUT2D eigenvalue weighted by Crippen LogP contribution is -2.44. The highest BCUT2D eigenvalue weighted by molar-refractivity contribution is 5.51. The van der Waals surface area contributed by atoms with E-state index in [2.05, 4.69) is 0 Å². The Morgan fingerprint density at radius 3 is 1.38 bits per heavy atom. The molecule has 10 nitrogen and oxygen atoms in total. The van der Waals surface area contributed by atoms with Gasteiger partial charge in [0.15, 0.2) is 0 Å². The molecule has 2 aromatic heterocycles. The molecule has 0 aliphatic carbocycles. The van der Waals surface area contributed by atoms with E-state index >= 15 is 0 Å². The van der Waals surface area contributed by atoms with Crippen molar-refractivity contribution in [1.29, 1.82) is 0 Å². The van der Waals surface area contributed by atoms with Crippen LogP contribution in [0.1, 0.15) is 36.8 Å². The quantitative estimate of drug-likeness (QED) is 0.682. The Morgan fingerprint density at radius 2 is 1.08 bits per heavy atom. The minimum absolute atomic E-state index is 0.0214. The van der Waals surface area contributed by atoms with Gasteiger partial charge in [0.2, 0.25) is 0 Å². The number of nitrogens with zero attached hydrogens (tertiary/aromatic N) is 4. The van der Waals surface area contributed by atoms with Crippen LogP contribution < -0.4 is 34.0 Å². The molecular formula is C16H24N6O4. The summed E-state index contributed by atoms with van der Waals surface area (Å²) in [6, 6.07) is 0. The Hall–Kier alpha value is -3.04. The molecule has 0 amide bonds. The molecule has 10 heteroatoms. The molecule has 0 saturated carbocycles. The predicted molar refractivity (Wildman–Crippen MR) is 99.4 cm³/mol. The molecule has 26 heavy (non-hydrogen) atoms. The van der Waals surface area contributed by atoms with Crippen LogP contribution in [0.25, 0.3) is 0 Å². The van der Waals surface area contributed by atoms with Crippen LogP contribution >= 0.6 is 0 Å². The molecule has 0 bridgehead atoms. The lowest BCUT2D eigenvalue weighted by atomic mass is 9.89. The van der Waals surface area contributed by atoms with Gasteiger partial charge in [0.05, 0.1) is 11.1 Å². The summed E-state index contributed by atoms with van der Waals surface area (Å²) in [6.07, 6.45) is 1.02. The van der Waals surface area contributed by atoms with Crippen LogP contribution in [0.3, 0.4) is 0 Å². The monoisotopic (exact) mass is 364 g/mol. The van der Waals surface area contributed by atoms with Crippen molar-refractivity contribution in [1.82, 2.24) is 18.3 Å². The summed E-state index contributed by atoms with van der Waals surface area (Å²) >= 11 is 0. The summed E-state index contributed by atoms with van der Waals surface area (Å²) in [4.78, 5) is 49.7. The lowest BCUT2D eigenvalue weighted by molar-refractivity contribution is 0.607. The molecule has 0 aromatic carbocycles. The average molecular weight is 364 g/mol. The molecule has 2 aromatic rings. The zero-order valence-electron chi connectivity index (χ0n) is 15.6.